The van der Waals surface area contributed by atoms with Crippen LogP contribution in [0.3, 0.4) is 0 Å². The van der Waals surface area contributed by atoms with Crippen LogP contribution >= 0.6 is 12.4 Å². The average Bonchev–Trinajstić information content (AvgIpc) is 2.54. The number of nitrogens with one attached hydrogen (secondary N) is 1. The van der Waals surface area contributed by atoms with Gasteiger partial charge in [-0.1, -0.05) is 19.4 Å². The van der Waals surface area contributed by atoms with Crippen molar-refractivity contribution in [3.8, 4) is 0 Å². The maximum absolute atomic E-state index is 12.8. The third kappa shape index (κ3) is 3.34. The van der Waals surface area contributed by atoms with Gasteiger partial charge in [-0.3, -0.25) is 4.79 Å². The molecule has 1 aromatic rings. The molecule has 4 heteroatoms. The van der Waals surface area contributed by atoms with Crippen LogP contribution in [0.1, 0.15) is 48.5 Å². The molecule has 0 radical (unpaired) electrons. The maximum Gasteiger partial charge on any atom is 0.254 e. The third-order valence-electron chi connectivity index (χ3n) is 4.80. The van der Waals surface area contributed by atoms with E-state index in [0.29, 0.717) is 0 Å². The molecule has 0 aliphatic carbocycles. The second kappa shape index (κ2) is 7.17. The van der Waals surface area contributed by atoms with Crippen molar-refractivity contribution < 1.29 is 4.79 Å². The Hall–Kier alpha value is -1.22. The van der Waals surface area contributed by atoms with Crippen LogP contribution in [0, 0.1) is 5.92 Å². The zero-order valence-electron chi connectivity index (χ0n) is 12.7. The van der Waals surface area contributed by atoms with E-state index < -0.39 is 0 Å². The van der Waals surface area contributed by atoms with Crippen molar-refractivity contribution in [3.63, 3.8) is 0 Å². The van der Waals surface area contributed by atoms with Gasteiger partial charge in [0.1, 0.15) is 0 Å². The molecule has 0 bridgehead atoms. The Balaban J connectivity index is 0.00000161. The molecule has 0 aromatic heterocycles. The number of anilines is 1. The van der Waals surface area contributed by atoms with Gasteiger partial charge in [0, 0.05) is 30.9 Å². The van der Waals surface area contributed by atoms with Crippen LogP contribution in [0.15, 0.2) is 18.2 Å². The lowest BCUT2D eigenvalue weighted by Gasteiger charge is -2.32. The van der Waals surface area contributed by atoms with Crippen molar-refractivity contribution in [1.29, 1.82) is 0 Å². The number of hydrogen-bond acceptors (Lipinski definition) is 2. The summed E-state index contributed by atoms with van der Waals surface area (Å²) in [5.41, 5.74) is 3.30. The zero-order valence-corrected chi connectivity index (χ0v) is 13.5. The molecule has 0 unspecified atom stereocenters. The molecule has 3 nitrogen and oxygen atoms in total. The standard InChI is InChI=1S/C17H24N2O.ClH/c1-2-13-8-11-19(12-9-13)17(20)15-5-3-7-16-14(15)6-4-10-18-16;/h3,5,7,13,18H,2,4,6,8-12H2,1H3;1H. The molecule has 1 fully saturated rings. The smallest absolute Gasteiger partial charge is 0.254 e. The van der Waals surface area contributed by atoms with Crippen LogP contribution in [0.25, 0.3) is 0 Å². The highest BCUT2D eigenvalue weighted by atomic mass is 35.5. The van der Waals surface area contributed by atoms with Crippen molar-refractivity contribution in [2.24, 2.45) is 5.92 Å². The number of nitrogens with zero attached hydrogens (tertiary/aromatic N) is 1. The quantitative estimate of drug-likeness (QED) is 0.903. The van der Waals surface area contributed by atoms with E-state index in [9.17, 15) is 4.79 Å². The summed E-state index contributed by atoms with van der Waals surface area (Å²) in [5.74, 6) is 1.05. The van der Waals surface area contributed by atoms with Gasteiger partial charge < -0.3 is 10.2 Å². The van der Waals surface area contributed by atoms with Crippen molar-refractivity contribution in [3.05, 3.63) is 29.3 Å². The Morgan fingerprint density at radius 2 is 2.10 bits per heavy atom. The third-order valence-corrected chi connectivity index (χ3v) is 4.80. The number of hydrogen-bond donors (Lipinski definition) is 1. The van der Waals surface area contributed by atoms with Gasteiger partial charge in [-0.15, -0.1) is 12.4 Å². The summed E-state index contributed by atoms with van der Waals surface area (Å²) < 4.78 is 0. The predicted molar refractivity (Wildman–Crippen MR) is 89.4 cm³/mol. The molecule has 2 heterocycles. The van der Waals surface area contributed by atoms with Gasteiger partial charge in [-0.05, 0) is 49.3 Å². The molecule has 2 aliphatic heterocycles. The molecule has 0 atom stereocenters. The summed E-state index contributed by atoms with van der Waals surface area (Å²) in [4.78, 5) is 14.8. The van der Waals surface area contributed by atoms with E-state index in [1.54, 1.807) is 0 Å². The highest BCUT2D eigenvalue weighted by Crippen LogP contribution is 2.28. The molecular weight excluding hydrogens is 284 g/mol. The minimum Gasteiger partial charge on any atom is -0.385 e. The minimum atomic E-state index is 0. The number of piperidine rings is 1. The number of likely N-dealkylation sites (tertiary alicyclic amines) is 1. The van der Waals surface area contributed by atoms with Crippen molar-refractivity contribution >= 4 is 24.0 Å². The van der Waals surface area contributed by atoms with Crippen LogP contribution in [0.2, 0.25) is 0 Å². The van der Waals surface area contributed by atoms with Gasteiger partial charge in [0.25, 0.3) is 5.91 Å². The van der Waals surface area contributed by atoms with E-state index in [1.807, 2.05) is 12.1 Å². The van der Waals surface area contributed by atoms with Crippen LogP contribution in [-0.4, -0.2) is 30.4 Å². The number of halogens is 1. The molecule has 1 aromatic carbocycles. The van der Waals surface area contributed by atoms with E-state index in [-0.39, 0.29) is 18.3 Å². The van der Waals surface area contributed by atoms with Crippen LogP contribution in [-0.2, 0) is 6.42 Å². The van der Waals surface area contributed by atoms with Crippen LogP contribution < -0.4 is 5.32 Å². The fourth-order valence-electron chi connectivity index (χ4n) is 3.43. The molecule has 0 saturated carbocycles. The Labute approximate surface area is 133 Å². The molecule has 0 spiro atoms. The number of benzene rings is 1. The highest BCUT2D eigenvalue weighted by molar-refractivity contribution is 5.97. The molecule has 116 valence electrons. The van der Waals surface area contributed by atoms with Crippen molar-refractivity contribution in [1.82, 2.24) is 4.90 Å². The van der Waals surface area contributed by atoms with Gasteiger partial charge in [0.2, 0.25) is 0 Å². The second-order valence-corrected chi connectivity index (χ2v) is 6.01. The lowest BCUT2D eigenvalue weighted by Crippen LogP contribution is -2.39. The van der Waals surface area contributed by atoms with Crippen molar-refractivity contribution in [2.45, 2.75) is 39.0 Å². The molecule has 3 rings (SSSR count). The molecular formula is C17H25ClN2O. The summed E-state index contributed by atoms with van der Waals surface area (Å²) in [6.07, 6.45) is 5.71. The SMILES string of the molecule is CCC1CCN(C(=O)c2cccc3c2CCCN3)CC1.Cl. The molecule has 2 aliphatic rings. The van der Waals surface area contributed by atoms with Gasteiger partial charge in [0.05, 0.1) is 0 Å². The van der Waals surface area contributed by atoms with Gasteiger partial charge in [-0.25, -0.2) is 0 Å². The lowest BCUT2D eigenvalue weighted by atomic mass is 9.92. The summed E-state index contributed by atoms with van der Waals surface area (Å²) in [6, 6.07) is 6.10. The number of carbonyl (C=O) groups is 1. The van der Waals surface area contributed by atoms with E-state index in [1.165, 1.54) is 12.0 Å². The van der Waals surface area contributed by atoms with E-state index in [2.05, 4.69) is 23.2 Å². The normalized spacial score (nSPS) is 18.4. The first kappa shape index (κ1) is 16.2. The Morgan fingerprint density at radius 1 is 1.33 bits per heavy atom. The molecule has 1 saturated heterocycles. The summed E-state index contributed by atoms with van der Waals surface area (Å²) >= 11 is 0. The topological polar surface area (TPSA) is 32.3 Å². The fourth-order valence-corrected chi connectivity index (χ4v) is 3.43. The van der Waals surface area contributed by atoms with Gasteiger partial charge >= 0.3 is 0 Å². The van der Waals surface area contributed by atoms with E-state index in [4.69, 9.17) is 0 Å². The first-order valence-electron chi connectivity index (χ1n) is 7.94. The summed E-state index contributed by atoms with van der Waals surface area (Å²) in [5, 5.41) is 3.41. The maximum atomic E-state index is 12.8. The van der Waals surface area contributed by atoms with E-state index >= 15 is 0 Å². The van der Waals surface area contributed by atoms with E-state index in [0.717, 1.165) is 62.5 Å². The zero-order chi connectivity index (χ0) is 13.9. The van der Waals surface area contributed by atoms with Crippen molar-refractivity contribution in [2.75, 3.05) is 25.0 Å². The minimum absolute atomic E-state index is 0. The average molecular weight is 309 g/mol. The largest absolute Gasteiger partial charge is 0.385 e. The first-order valence-corrected chi connectivity index (χ1v) is 7.94. The molecule has 1 N–H and O–H groups in total. The monoisotopic (exact) mass is 308 g/mol. The number of carbonyl (C=O) groups excluding carboxylic acids is 1. The van der Waals surface area contributed by atoms with Crippen LogP contribution in [0.4, 0.5) is 5.69 Å². The Morgan fingerprint density at radius 3 is 2.81 bits per heavy atom. The number of rotatable bonds is 2. The molecule has 21 heavy (non-hydrogen) atoms. The second-order valence-electron chi connectivity index (χ2n) is 6.01. The molecule has 1 amide bonds. The predicted octanol–water partition coefficient (Wildman–Crippen LogP) is 3.73. The number of amides is 1. The summed E-state index contributed by atoms with van der Waals surface area (Å²) in [6.45, 7) is 5.12. The van der Waals surface area contributed by atoms with Gasteiger partial charge in [-0.2, -0.15) is 0 Å². The van der Waals surface area contributed by atoms with Gasteiger partial charge in [0.15, 0.2) is 0 Å². The first-order chi connectivity index (χ1) is 9.79. The summed E-state index contributed by atoms with van der Waals surface area (Å²) in [7, 11) is 0. The Bertz CT molecular complexity index is 496. The lowest BCUT2D eigenvalue weighted by molar-refractivity contribution is 0.0687. The fraction of sp³-hybridized carbons (Fsp3) is 0.588. The van der Waals surface area contributed by atoms with Crippen LogP contribution in [0.5, 0.6) is 0 Å². The highest BCUT2D eigenvalue weighted by Gasteiger charge is 2.25. The number of fused-ring (bicyclic) bond motifs is 1. The Kier molecular flexibility index (Phi) is 5.51.